The summed E-state index contributed by atoms with van der Waals surface area (Å²) in [5.41, 5.74) is 2.92. The maximum Gasteiger partial charge on any atom is 0.264 e. The molecule has 2 aromatic rings. The molecule has 1 aliphatic carbocycles. The van der Waals surface area contributed by atoms with Crippen molar-refractivity contribution in [3.63, 3.8) is 0 Å². The minimum atomic E-state index is -4.07. The van der Waals surface area contributed by atoms with Crippen molar-refractivity contribution in [3.8, 4) is 5.75 Å². The molecule has 0 aromatic heterocycles. The fraction of sp³-hybridized carbons (Fsp3) is 0.515. The molecule has 0 unspecified atom stereocenters. The van der Waals surface area contributed by atoms with Crippen molar-refractivity contribution < 1.29 is 32.2 Å². The van der Waals surface area contributed by atoms with Crippen molar-refractivity contribution >= 4 is 39.0 Å². The number of hydrogen-bond acceptors (Lipinski definition) is 8. The summed E-state index contributed by atoms with van der Waals surface area (Å²) in [6.45, 7) is 3.79. The van der Waals surface area contributed by atoms with Crippen molar-refractivity contribution in [1.82, 2.24) is 4.72 Å². The summed E-state index contributed by atoms with van der Waals surface area (Å²) in [7, 11) is -2.56. The Kier molecular flexibility index (Phi) is 8.80. The zero-order chi connectivity index (χ0) is 31.1. The SMILES string of the molecule is COCC[C@@H]1[C@@H](C)C/C=C/C(=O)[C@@H]2CO[C@H]2CN2C[C@@]3(CCCc4cc(Cl)ccc43)COc3ccc(cc32)C(=O)NS1(=O)=O. The number of ketones is 1. The fourth-order valence-corrected chi connectivity index (χ4v) is 9.02. The van der Waals surface area contributed by atoms with Gasteiger partial charge in [0.15, 0.2) is 5.78 Å². The molecule has 2 aromatic carbocycles. The van der Waals surface area contributed by atoms with Crippen LogP contribution in [0.3, 0.4) is 0 Å². The van der Waals surface area contributed by atoms with Gasteiger partial charge in [-0.15, -0.1) is 0 Å². The number of rotatable bonds is 3. The van der Waals surface area contributed by atoms with E-state index in [-0.39, 0.29) is 47.7 Å². The number of fused-ring (bicyclic) bond motifs is 4. The van der Waals surface area contributed by atoms with Gasteiger partial charge in [0.1, 0.15) is 5.75 Å². The van der Waals surface area contributed by atoms with Crippen LogP contribution < -0.4 is 14.4 Å². The molecule has 1 spiro atoms. The number of sulfonamides is 1. The molecular formula is C33H39ClN2O7S. The van der Waals surface area contributed by atoms with Crippen LogP contribution in [-0.2, 0) is 36.1 Å². The van der Waals surface area contributed by atoms with Crippen molar-refractivity contribution in [2.75, 3.05) is 44.9 Å². The molecule has 44 heavy (non-hydrogen) atoms. The summed E-state index contributed by atoms with van der Waals surface area (Å²) in [5, 5.41) is -0.190. The van der Waals surface area contributed by atoms with E-state index in [9.17, 15) is 18.0 Å². The van der Waals surface area contributed by atoms with Gasteiger partial charge in [-0.25, -0.2) is 13.1 Å². The normalized spacial score (nSPS) is 30.7. The predicted octanol–water partition coefficient (Wildman–Crippen LogP) is 4.46. The molecule has 6 rings (SSSR count). The molecule has 0 saturated carbocycles. The molecule has 5 atom stereocenters. The Bertz CT molecular complexity index is 1580. The van der Waals surface area contributed by atoms with E-state index in [0.29, 0.717) is 49.2 Å². The van der Waals surface area contributed by atoms with Crippen molar-refractivity contribution in [2.45, 2.75) is 55.8 Å². The van der Waals surface area contributed by atoms with Gasteiger partial charge in [-0.2, -0.15) is 0 Å². The number of nitrogens with zero attached hydrogens (tertiary/aromatic N) is 1. The lowest BCUT2D eigenvalue weighted by molar-refractivity contribution is -0.147. The van der Waals surface area contributed by atoms with E-state index < -0.39 is 21.2 Å². The van der Waals surface area contributed by atoms with E-state index in [1.807, 2.05) is 19.1 Å². The number of aryl methyl sites for hydroxylation is 1. The van der Waals surface area contributed by atoms with Gasteiger partial charge in [0.05, 0.1) is 36.2 Å². The van der Waals surface area contributed by atoms with E-state index in [0.717, 1.165) is 19.3 Å². The van der Waals surface area contributed by atoms with Gasteiger partial charge in [-0.1, -0.05) is 30.7 Å². The topological polar surface area (TPSA) is 111 Å². The van der Waals surface area contributed by atoms with Crippen LogP contribution in [0.2, 0.25) is 5.02 Å². The average molecular weight is 643 g/mol. The third-order valence-corrected chi connectivity index (χ3v) is 11.9. The van der Waals surface area contributed by atoms with Gasteiger partial charge < -0.3 is 19.1 Å². The molecule has 236 valence electrons. The van der Waals surface area contributed by atoms with Crippen molar-refractivity contribution in [2.24, 2.45) is 11.8 Å². The highest BCUT2D eigenvalue weighted by molar-refractivity contribution is 7.90. The highest BCUT2D eigenvalue weighted by atomic mass is 35.5. The lowest BCUT2D eigenvalue weighted by atomic mass is 9.70. The Hall–Kier alpha value is -2.92. The summed E-state index contributed by atoms with van der Waals surface area (Å²) in [4.78, 5) is 29.0. The predicted molar refractivity (Wildman–Crippen MR) is 168 cm³/mol. The molecular weight excluding hydrogens is 604 g/mol. The number of halogens is 1. The van der Waals surface area contributed by atoms with E-state index in [2.05, 4.69) is 15.7 Å². The van der Waals surface area contributed by atoms with Crippen LogP contribution in [-0.4, -0.2) is 71.5 Å². The average Bonchev–Trinajstić information content (AvgIpc) is 3.11. The number of amides is 1. The van der Waals surface area contributed by atoms with Gasteiger partial charge in [0.25, 0.3) is 5.91 Å². The van der Waals surface area contributed by atoms with Crippen LogP contribution in [0.4, 0.5) is 5.69 Å². The fourth-order valence-electron chi connectivity index (χ4n) is 7.16. The van der Waals surface area contributed by atoms with Crippen LogP contribution in [0.5, 0.6) is 5.75 Å². The second-order valence-electron chi connectivity index (χ2n) is 12.6. The highest BCUT2D eigenvalue weighted by Crippen LogP contribution is 2.45. The summed E-state index contributed by atoms with van der Waals surface area (Å²) in [6.07, 6.45) is 6.34. The molecule has 0 radical (unpaired) electrons. The number of allylic oxidation sites excluding steroid dienone is 2. The highest BCUT2D eigenvalue weighted by Gasteiger charge is 2.45. The van der Waals surface area contributed by atoms with Crippen LogP contribution >= 0.6 is 11.6 Å². The van der Waals surface area contributed by atoms with Gasteiger partial charge in [0, 0.05) is 42.8 Å². The number of methoxy groups -OCH3 is 1. The van der Waals surface area contributed by atoms with Crippen molar-refractivity contribution in [3.05, 3.63) is 70.3 Å². The largest absolute Gasteiger partial charge is 0.490 e. The Balaban J connectivity index is 1.41. The lowest BCUT2D eigenvalue weighted by Gasteiger charge is -2.44. The quantitative estimate of drug-likeness (QED) is 0.523. The molecule has 11 heteroatoms. The van der Waals surface area contributed by atoms with E-state index in [4.69, 9.17) is 25.8 Å². The first-order valence-corrected chi connectivity index (χ1v) is 17.2. The number of ether oxygens (including phenoxy) is 3. The second kappa shape index (κ2) is 12.5. The molecule has 1 fully saturated rings. The summed E-state index contributed by atoms with van der Waals surface area (Å²) in [5.74, 6) is -0.805. The molecule has 9 nitrogen and oxygen atoms in total. The Morgan fingerprint density at radius 1 is 1.18 bits per heavy atom. The van der Waals surface area contributed by atoms with E-state index in [1.54, 1.807) is 30.4 Å². The number of hydrogen-bond donors (Lipinski definition) is 1. The Morgan fingerprint density at radius 2 is 2.02 bits per heavy atom. The first-order valence-electron chi connectivity index (χ1n) is 15.3. The smallest absolute Gasteiger partial charge is 0.264 e. The van der Waals surface area contributed by atoms with Crippen LogP contribution in [0.1, 0.15) is 54.1 Å². The van der Waals surface area contributed by atoms with Crippen LogP contribution in [0.15, 0.2) is 48.6 Å². The summed E-state index contributed by atoms with van der Waals surface area (Å²) >= 11 is 6.37. The number of carbonyl (C=O) groups is 2. The molecule has 3 heterocycles. The van der Waals surface area contributed by atoms with Gasteiger partial charge in [-0.05, 0) is 85.6 Å². The molecule has 1 saturated heterocycles. The van der Waals surface area contributed by atoms with Crippen molar-refractivity contribution in [1.29, 1.82) is 0 Å². The van der Waals surface area contributed by atoms with Crippen LogP contribution in [0, 0.1) is 11.8 Å². The number of benzene rings is 2. The molecule has 1 N–H and O–H groups in total. The maximum absolute atomic E-state index is 13.5. The summed E-state index contributed by atoms with van der Waals surface area (Å²) in [6, 6.07) is 11.1. The second-order valence-corrected chi connectivity index (χ2v) is 14.9. The molecule has 3 aliphatic heterocycles. The van der Waals surface area contributed by atoms with Gasteiger partial charge in [-0.3, -0.25) is 9.59 Å². The van der Waals surface area contributed by atoms with Crippen LogP contribution in [0.25, 0.3) is 0 Å². The van der Waals surface area contributed by atoms with E-state index in [1.165, 1.54) is 18.2 Å². The van der Waals surface area contributed by atoms with Gasteiger partial charge in [0.2, 0.25) is 10.0 Å². The Labute approximate surface area is 263 Å². The third kappa shape index (κ3) is 6.01. The standard InChI is InChI=1S/C33H39ClN2O7S/c1-21-5-3-7-28(37)25-18-42-30(25)17-36-19-33(13-4-6-22-15-24(34)9-10-26(22)33)20-43-29-11-8-23(16-27(29)36)32(38)35-44(39,40)31(21)12-14-41-2/h3,7-11,15-16,21,25,30-31H,4-6,12-14,17-20H2,1-2H3,(H,35,38)/b7-3+/t21-,25-,30-,31+,33-/m0/s1. The van der Waals surface area contributed by atoms with E-state index >= 15 is 0 Å². The Morgan fingerprint density at radius 3 is 2.80 bits per heavy atom. The first-order chi connectivity index (χ1) is 21.1. The molecule has 4 aliphatic rings. The zero-order valence-corrected chi connectivity index (χ0v) is 26.7. The zero-order valence-electron chi connectivity index (χ0n) is 25.1. The van der Waals surface area contributed by atoms with Gasteiger partial charge >= 0.3 is 0 Å². The maximum atomic E-state index is 13.5. The lowest BCUT2D eigenvalue weighted by Crippen LogP contribution is -2.54. The monoisotopic (exact) mass is 642 g/mol. The minimum absolute atomic E-state index is 0.0300. The number of nitrogens with one attached hydrogen (secondary N) is 1. The number of carbonyl (C=O) groups excluding carboxylic acids is 2. The molecule has 1 amide bonds. The first kappa shape index (κ1) is 31.1. The minimum Gasteiger partial charge on any atom is -0.490 e. The summed E-state index contributed by atoms with van der Waals surface area (Å²) < 4.78 is 47.1. The number of anilines is 1. The molecule has 2 bridgehead atoms. The third-order valence-electron chi connectivity index (χ3n) is 9.67.